The number of para-hydroxylation sites is 2. The van der Waals surface area contributed by atoms with Crippen LogP contribution in [0.4, 0.5) is 4.79 Å². The maximum absolute atomic E-state index is 12.4. The lowest BCUT2D eigenvalue weighted by molar-refractivity contribution is -0.155. The number of amides is 1. The van der Waals surface area contributed by atoms with Crippen LogP contribution in [0.3, 0.4) is 0 Å². The second kappa shape index (κ2) is 7.30. The highest BCUT2D eigenvalue weighted by Crippen LogP contribution is 2.30. The van der Waals surface area contributed by atoms with Crippen LogP contribution in [0.2, 0.25) is 0 Å². The summed E-state index contributed by atoms with van der Waals surface area (Å²) in [6, 6.07) is 9.78. The summed E-state index contributed by atoms with van der Waals surface area (Å²) >= 11 is 0. The summed E-state index contributed by atoms with van der Waals surface area (Å²) in [4.78, 5) is 41.9. The predicted molar refractivity (Wildman–Crippen MR) is 101 cm³/mol. The molecule has 0 aromatic heterocycles. The Morgan fingerprint density at radius 2 is 1.86 bits per heavy atom. The molecule has 28 heavy (non-hydrogen) atoms. The zero-order chi connectivity index (χ0) is 20.5. The molecule has 0 saturated heterocycles. The largest absolute Gasteiger partial charge is 0.459 e. The van der Waals surface area contributed by atoms with Crippen molar-refractivity contribution in [1.29, 1.82) is 0 Å². The van der Waals surface area contributed by atoms with Crippen LogP contribution >= 0.6 is 0 Å². The Hall–Kier alpha value is -3.42. The van der Waals surface area contributed by atoms with Gasteiger partial charge in [-0.25, -0.2) is 9.78 Å². The van der Waals surface area contributed by atoms with E-state index in [1.54, 1.807) is 39.0 Å². The third kappa shape index (κ3) is 4.28. The highest BCUT2D eigenvalue weighted by molar-refractivity contribution is 5.81. The molecular weight excluding hydrogens is 364 g/mol. The first-order chi connectivity index (χ1) is 13.1. The van der Waals surface area contributed by atoms with Crippen LogP contribution in [-0.2, 0) is 9.53 Å². The number of likely N-dealkylation sites (N-methyl/N-ethyl adjacent to an activating group) is 1. The van der Waals surface area contributed by atoms with Crippen molar-refractivity contribution in [3.8, 4) is 17.2 Å². The van der Waals surface area contributed by atoms with E-state index in [-0.39, 0.29) is 18.1 Å². The third-order valence-corrected chi connectivity index (χ3v) is 3.66. The van der Waals surface area contributed by atoms with Gasteiger partial charge in [0, 0.05) is 7.05 Å². The fourth-order valence-corrected chi connectivity index (χ4v) is 2.49. The van der Waals surface area contributed by atoms with Crippen molar-refractivity contribution in [1.82, 2.24) is 9.88 Å². The monoisotopic (exact) mass is 384 g/mol. The molecule has 0 radical (unpaired) electrons. The van der Waals surface area contributed by atoms with Crippen molar-refractivity contribution in [3.05, 3.63) is 46.6 Å². The summed E-state index contributed by atoms with van der Waals surface area (Å²) in [6.07, 6.45) is -0.890. The van der Waals surface area contributed by atoms with Crippen LogP contribution in [0.15, 0.2) is 45.6 Å². The van der Waals surface area contributed by atoms with Gasteiger partial charge in [0.05, 0.1) is 0 Å². The van der Waals surface area contributed by atoms with Gasteiger partial charge in [-0.05, 0) is 45.0 Å². The number of carbonyl (C=O) groups is 2. The first-order valence-corrected chi connectivity index (χ1v) is 8.61. The Morgan fingerprint density at radius 1 is 1.14 bits per heavy atom. The maximum atomic E-state index is 12.4. The molecule has 146 valence electrons. The van der Waals surface area contributed by atoms with Crippen molar-refractivity contribution in [2.24, 2.45) is 0 Å². The molecule has 1 aliphatic heterocycles. The number of nitrogens with zero attached hydrogens (tertiary/aromatic N) is 2. The van der Waals surface area contributed by atoms with Crippen molar-refractivity contribution in [3.63, 3.8) is 0 Å². The smallest absolute Gasteiger partial charge is 0.415 e. The zero-order valence-corrected chi connectivity index (χ0v) is 16.0. The van der Waals surface area contributed by atoms with Gasteiger partial charge in [0.25, 0.3) is 0 Å². The summed E-state index contributed by atoms with van der Waals surface area (Å²) in [7, 11) is 1.37. The van der Waals surface area contributed by atoms with Gasteiger partial charge in [0.2, 0.25) is 11.2 Å². The second-order valence-corrected chi connectivity index (χ2v) is 7.23. The van der Waals surface area contributed by atoms with E-state index in [1.165, 1.54) is 19.2 Å². The lowest BCUT2D eigenvalue weighted by Gasteiger charge is -2.22. The minimum atomic E-state index is -0.890. The Morgan fingerprint density at radius 3 is 2.57 bits per heavy atom. The van der Waals surface area contributed by atoms with E-state index < -0.39 is 23.1 Å². The average molecular weight is 384 g/mol. The maximum Gasteiger partial charge on any atom is 0.415 e. The molecule has 0 atom stereocenters. The normalized spacial score (nSPS) is 11.4. The number of esters is 1. The number of ether oxygens (including phenoxy) is 2. The number of benzene rings is 2. The van der Waals surface area contributed by atoms with E-state index in [2.05, 4.69) is 4.98 Å². The van der Waals surface area contributed by atoms with E-state index in [0.717, 1.165) is 4.90 Å². The fraction of sp³-hybridized carbons (Fsp3) is 0.300. The molecule has 1 amide bonds. The molecular formula is C20H20N2O6. The third-order valence-electron chi connectivity index (χ3n) is 3.66. The molecule has 2 aliphatic rings. The molecule has 0 fully saturated rings. The van der Waals surface area contributed by atoms with E-state index in [4.69, 9.17) is 13.9 Å². The molecule has 1 aromatic rings. The molecule has 0 N–H and O–H groups in total. The second-order valence-electron chi connectivity index (χ2n) is 7.23. The first-order valence-electron chi connectivity index (χ1n) is 8.61. The van der Waals surface area contributed by atoms with Gasteiger partial charge in [0.1, 0.15) is 23.4 Å². The van der Waals surface area contributed by atoms with Gasteiger partial charge in [-0.1, -0.05) is 12.1 Å². The van der Waals surface area contributed by atoms with E-state index in [0.29, 0.717) is 16.8 Å². The molecule has 1 aliphatic carbocycles. The highest BCUT2D eigenvalue weighted by Gasteiger charge is 2.25. The van der Waals surface area contributed by atoms with Crippen molar-refractivity contribution in [2.75, 3.05) is 13.6 Å². The van der Waals surface area contributed by atoms with E-state index in [1.807, 2.05) is 6.07 Å². The number of hydrogen-bond donors (Lipinski definition) is 0. The SMILES string of the molecule is CN(CC(=O)OC(C)(C)C)C(=O)Oc1c2oc3ccccc3nc-2ccc1=O. The summed E-state index contributed by atoms with van der Waals surface area (Å²) in [5, 5.41) is 0. The summed E-state index contributed by atoms with van der Waals surface area (Å²) in [6.45, 7) is 4.85. The number of carbonyl (C=O) groups excluding carboxylic acids is 2. The first kappa shape index (κ1) is 19.3. The molecule has 0 bridgehead atoms. The van der Waals surface area contributed by atoms with Gasteiger partial charge in [0.15, 0.2) is 11.3 Å². The van der Waals surface area contributed by atoms with Gasteiger partial charge < -0.3 is 13.9 Å². The summed E-state index contributed by atoms with van der Waals surface area (Å²) < 4.78 is 16.1. The van der Waals surface area contributed by atoms with Gasteiger partial charge in [-0.3, -0.25) is 14.5 Å². The molecule has 0 spiro atoms. The van der Waals surface area contributed by atoms with E-state index in [9.17, 15) is 14.4 Å². The minimum Gasteiger partial charge on any atom is -0.459 e. The molecule has 3 rings (SSSR count). The van der Waals surface area contributed by atoms with Crippen molar-refractivity contribution < 1.29 is 23.5 Å². The molecule has 0 saturated carbocycles. The predicted octanol–water partition coefficient (Wildman–Crippen LogP) is 3.07. The van der Waals surface area contributed by atoms with E-state index >= 15 is 0 Å². The molecule has 8 heteroatoms. The number of rotatable bonds is 3. The molecule has 1 heterocycles. The zero-order valence-electron chi connectivity index (χ0n) is 16.0. The Balaban J connectivity index is 1.86. The van der Waals surface area contributed by atoms with Gasteiger partial charge in [-0.2, -0.15) is 0 Å². The van der Waals surface area contributed by atoms with Crippen molar-refractivity contribution >= 4 is 23.2 Å². The van der Waals surface area contributed by atoms with Crippen LogP contribution < -0.4 is 10.2 Å². The fourth-order valence-electron chi connectivity index (χ4n) is 2.49. The van der Waals surface area contributed by atoms with Gasteiger partial charge >= 0.3 is 12.1 Å². The van der Waals surface area contributed by atoms with Crippen molar-refractivity contribution in [2.45, 2.75) is 26.4 Å². The van der Waals surface area contributed by atoms with Crippen LogP contribution in [0, 0.1) is 0 Å². The number of fused-ring (bicyclic) bond motifs is 2. The standard InChI is InChI=1S/C20H20N2O6/c1-20(2,3)28-16(24)11-22(4)19(25)27-18-14(23)10-9-13-17(18)26-15-8-6-5-7-12(15)21-13/h5-10H,11H2,1-4H3. The quantitative estimate of drug-likeness (QED) is 0.505. The lowest BCUT2D eigenvalue weighted by Crippen LogP contribution is -2.38. The van der Waals surface area contributed by atoms with Gasteiger partial charge in [-0.15, -0.1) is 0 Å². The molecule has 8 nitrogen and oxygen atoms in total. The van der Waals surface area contributed by atoms with Crippen LogP contribution in [-0.4, -0.2) is 41.1 Å². The molecule has 0 unspecified atom stereocenters. The molecule has 1 aromatic carbocycles. The summed E-state index contributed by atoms with van der Waals surface area (Å²) in [5.74, 6) is -0.813. The average Bonchev–Trinajstić information content (AvgIpc) is 2.60. The highest BCUT2D eigenvalue weighted by atomic mass is 16.6. The van der Waals surface area contributed by atoms with Crippen LogP contribution in [0.1, 0.15) is 20.8 Å². The Kier molecular flexibility index (Phi) is 5.04. The topological polar surface area (TPSA) is 98.9 Å². The number of hydrogen-bond acceptors (Lipinski definition) is 7. The Bertz CT molecular complexity index is 1070. The van der Waals surface area contributed by atoms with Crippen LogP contribution in [0.5, 0.6) is 5.75 Å². The van der Waals surface area contributed by atoms with Crippen LogP contribution in [0.25, 0.3) is 22.6 Å². The minimum absolute atomic E-state index is 0.0604. The lowest BCUT2D eigenvalue weighted by atomic mass is 10.2. The summed E-state index contributed by atoms with van der Waals surface area (Å²) in [5.41, 5.74) is 0.210. The number of aromatic nitrogens is 1. The Labute approximate surface area is 161 Å².